The summed E-state index contributed by atoms with van der Waals surface area (Å²) in [6.45, 7) is 4.48. The van der Waals surface area contributed by atoms with E-state index in [1.54, 1.807) is 42.5 Å². The molecule has 4 rings (SSSR count). The fraction of sp³-hybridized carbons (Fsp3) is 0.233. The Morgan fingerprint density at radius 1 is 1.05 bits per heavy atom. The van der Waals surface area contributed by atoms with Crippen LogP contribution in [0.5, 0.6) is 17.4 Å². The van der Waals surface area contributed by atoms with Crippen LogP contribution in [-0.2, 0) is 6.42 Å². The summed E-state index contributed by atoms with van der Waals surface area (Å²) in [5.74, 6) is -0.308. The molecule has 0 aliphatic carbocycles. The van der Waals surface area contributed by atoms with E-state index in [1.807, 2.05) is 44.2 Å². The summed E-state index contributed by atoms with van der Waals surface area (Å²) in [5.41, 5.74) is 7.11. The number of primary amides is 1. The van der Waals surface area contributed by atoms with Crippen molar-refractivity contribution in [3.8, 4) is 27.8 Å². The molecule has 0 saturated carbocycles. The number of para-hydroxylation sites is 1. The number of aromatic carboxylic acids is 1. The number of ether oxygens (including phenoxy) is 2. The number of carbonyl (C=O) groups excluding carboxylic acids is 1. The van der Waals surface area contributed by atoms with Crippen LogP contribution < -0.4 is 20.5 Å². The zero-order valence-electron chi connectivity index (χ0n) is 22.2. The average molecular weight is 562 g/mol. The SMILES string of the molecule is CC(C)(Cc1ccc(Oc2ncccc2C(N)=O)cc1)NCC(O)COc1ccccc1-c1ccc(C(=O)O)s1. The third kappa shape index (κ3) is 7.66. The van der Waals surface area contributed by atoms with Gasteiger partial charge in [-0.3, -0.25) is 4.79 Å². The van der Waals surface area contributed by atoms with Crippen molar-refractivity contribution >= 4 is 23.2 Å². The fourth-order valence-electron chi connectivity index (χ4n) is 4.05. The van der Waals surface area contributed by atoms with Crippen LogP contribution in [0.25, 0.3) is 10.4 Å². The fourth-order valence-corrected chi connectivity index (χ4v) is 4.93. The minimum Gasteiger partial charge on any atom is -0.490 e. The quantitative estimate of drug-likeness (QED) is 0.183. The smallest absolute Gasteiger partial charge is 0.345 e. The number of pyridine rings is 1. The van der Waals surface area contributed by atoms with Crippen LogP contribution in [0, 0.1) is 0 Å². The highest BCUT2D eigenvalue weighted by Crippen LogP contribution is 2.35. The van der Waals surface area contributed by atoms with Crippen molar-refractivity contribution in [3.05, 3.63) is 95.0 Å². The largest absolute Gasteiger partial charge is 0.490 e. The van der Waals surface area contributed by atoms with Gasteiger partial charge >= 0.3 is 5.97 Å². The van der Waals surface area contributed by atoms with Gasteiger partial charge in [0.1, 0.15) is 34.7 Å². The molecule has 2 heterocycles. The molecule has 2 aromatic heterocycles. The minimum absolute atomic E-state index is 0.0735. The van der Waals surface area contributed by atoms with Crippen molar-refractivity contribution in [2.24, 2.45) is 5.73 Å². The number of thiophene rings is 1. The van der Waals surface area contributed by atoms with E-state index in [4.69, 9.17) is 15.2 Å². The molecule has 4 aromatic rings. The van der Waals surface area contributed by atoms with E-state index >= 15 is 0 Å². The third-order valence-corrected chi connectivity index (χ3v) is 7.14. The van der Waals surface area contributed by atoms with Crippen molar-refractivity contribution in [2.75, 3.05) is 13.2 Å². The maximum Gasteiger partial charge on any atom is 0.345 e. The van der Waals surface area contributed by atoms with E-state index in [2.05, 4.69) is 10.3 Å². The Hall–Kier alpha value is -4.25. The molecule has 0 spiro atoms. The first-order chi connectivity index (χ1) is 19.1. The molecule has 0 saturated heterocycles. The maximum atomic E-state index is 11.6. The second kappa shape index (κ2) is 12.7. The van der Waals surface area contributed by atoms with E-state index in [0.717, 1.165) is 16.0 Å². The number of rotatable bonds is 13. The lowest BCUT2D eigenvalue weighted by molar-refractivity contribution is 0.0702. The van der Waals surface area contributed by atoms with Gasteiger partial charge in [0.15, 0.2) is 0 Å². The summed E-state index contributed by atoms with van der Waals surface area (Å²) < 4.78 is 11.7. The molecule has 1 amide bonds. The van der Waals surface area contributed by atoms with E-state index in [9.17, 15) is 19.8 Å². The van der Waals surface area contributed by atoms with Crippen molar-refractivity contribution in [2.45, 2.75) is 31.9 Å². The number of carboxylic acids is 1. The maximum absolute atomic E-state index is 11.6. The normalized spacial score (nSPS) is 12.1. The molecule has 0 aliphatic rings. The molecule has 2 aromatic carbocycles. The number of nitrogens with one attached hydrogen (secondary N) is 1. The van der Waals surface area contributed by atoms with Crippen molar-refractivity contribution < 1.29 is 29.3 Å². The number of aliphatic hydroxyl groups is 1. The van der Waals surface area contributed by atoms with Crippen LogP contribution in [0.2, 0.25) is 0 Å². The molecule has 0 aliphatic heterocycles. The van der Waals surface area contributed by atoms with Gasteiger partial charge in [0.05, 0.1) is 0 Å². The molecule has 10 heteroatoms. The monoisotopic (exact) mass is 561 g/mol. The summed E-state index contributed by atoms with van der Waals surface area (Å²) in [5, 5.41) is 23.2. The lowest BCUT2D eigenvalue weighted by Crippen LogP contribution is -2.46. The second-order valence-corrected chi connectivity index (χ2v) is 10.9. The summed E-state index contributed by atoms with van der Waals surface area (Å²) in [6.07, 6.45) is 1.45. The van der Waals surface area contributed by atoms with E-state index in [-0.39, 0.29) is 28.5 Å². The Balaban J connectivity index is 1.29. The molecule has 1 unspecified atom stereocenters. The Morgan fingerprint density at radius 3 is 2.50 bits per heavy atom. The number of β-amino-alcohol motifs (C(OH)–C–C–N with tert-alkyl or cyclic N) is 1. The van der Waals surface area contributed by atoms with Gasteiger partial charge in [-0.1, -0.05) is 24.3 Å². The van der Waals surface area contributed by atoms with Crippen molar-refractivity contribution in [1.29, 1.82) is 0 Å². The Bertz CT molecular complexity index is 1470. The van der Waals surface area contributed by atoms with E-state index in [1.165, 1.54) is 17.5 Å². The highest BCUT2D eigenvalue weighted by molar-refractivity contribution is 7.17. The molecular formula is C30H31N3O6S. The van der Waals surface area contributed by atoms with Crippen LogP contribution >= 0.6 is 11.3 Å². The number of carbonyl (C=O) groups is 2. The van der Waals surface area contributed by atoms with Gasteiger partial charge in [-0.15, -0.1) is 11.3 Å². The Kier molecular flexibility index (Phi) is 9.15. The molecule has 1 atom stereocenters. The van der Waals surface area contributed by atoms with Gasteiger partial charge in [0, 0.05) is 28.7 Å². The second-order valence-electron chi connectivity index (χ2n) is 9.84. The van der Waals surface area contributed by atoms with Gasteiger partial charge in [-0.25, -0.2) is 9.78 Å². The topological polar surface area (TPSA) is 144 Å². The van der Waals surface area contributed by atoms with Gasteiger partial charge in [0.25, 0.3) is 5.91 Å². The number of aliphatic hydroxyl groups excluding tert-OH is 1. The van der Waals surface area contributed by atoms with Crippen LogP contribution in [0.15, 0.2) is 79.0 Å². The number of hydrogen-bond acceptors (Lipinski definition) is 8. The number of nitrogens with zero attached hydrogens (tertiary/aromatic N) is 1. The molecular weight excluding hydrogens is 530 g/mol. The van der Waals surface area contributed by atoms with Crippen molar-refractivity contribution in [3.63, 3.8) is 0 Å². The van der Waals surface area contributed by atoms with Gasteiger partial charge < -0.3 is 30.7 Å². The number of benzene rings is 2. The van der Waals surface area contributed by atoms with Gasteiger partial charge in [0.2, 0.25) is 5.88 Å². The standard InChI is InChI=1S/C30H31N3O6S/c1-30(2,16-19-9-11-21(12-10-19)39-28-23(27(31)35)7-5-15-32-28)33-17-20(34)18-38-24-8-4-3-6-22(24)25-13-14-26(40-25)29(36)37/h3-15,20,33-34H,16-18H2,1-2H3,(H2,31,35)(H,36,37). The lowest BCUT2D eigenvalue weighted by atomic mass is 9.94. The lowest BCUT2D eigenvalue weighted by Gasteiger charge is -2.28. The summed E-state index contributed by atoms with van der Waals surface area (Å²) in [6, 6.07) is 21.3. The molecule has 0 bridgehead atoms. The first kappa shape index (κ1) is 28.8. The predicted octanol–water partition coefficient (Wildman–Crippen LogP) is 4.75. The third-order valence-electron chi connectivity index (χ3n) is 6.04. The van der Waals surface area contributed by atoms with E-state index in [0.29, 0.717) is 24.5 Å². The molecule has 0 radical (unpaired) electrons. The van der Waals surface area contributed by atoms with Crippen LogP contribution in [-0.4, -0.2) is 51.9 Å². The Morgan fingerprint density at radius 2 is 1.80 bits per heavy atom. The molecule has 40 heavy (non-hydrogen) atoms. The molecule has 9 nitrogen and oxygen atoms in total. The first-order valence-electron chi connectivity index (χ1n) is 12.6. The first-order valence-corrected chi connectivity index (χ1v) is 13.4. The van der Waals surface area contributed by atoms with Crippen LogP contribution in [0.1, 0.15) is 39.4 Å². The number of aromatic nitrogens is 1. The van der Waals surface area contributed by atoms with Gasteiger partial charge in [-0.05, 0) is 74.4 Å². The van der Waals surface area contributed by atoms with E-state index < -0.39 is 18.0 Å². The zero-order chi connectivity index (χ0) is 28.7. The Labute approximate surface area is 236 Å². The number of carboxylic acid groups (broad SMARTS) is 1. The van der Waals surface area contributed by atoms with Crippen molar-refractivity contribution in [1.82, 2.24) is 10.3 Å². The predicted molar refractivity (Wildman–Crippen MR) is 153 cm³/mol. The zero-order valence-corrected chi connectivity index (χ0v) is 23.0. The summed E-state index contributed by atoms with van der Waals surface area (Å²) in [4.78, 5) is 28.0. The molecule has 208 valence electrons. The minimum atomic E-state index is -0.966. The average Bonchev–Trinajstić information content (AvgIpc) is 3.43. The van der Waals surface area contributed by atoms with Gasteiger partial charge in [-0.2, -0.15) is 0 Å². The summed E-state index contributed by atoms with van der Waals surface area (Å²) >= 11 is 1.18. The number of amides is 1. The van der Waals surface area contributed by atoms with Crippen LogP contribution in [0.3, 0.4) is 0 Å². The molecule has 5 N–H and O–H groups in total. The number of hydrogen-bond donors (Lipinski definition) is 4. The number of nitrogens with two attached hydrogens (primary N) is 1. The highest BCUT2D eigenvalue weighted by Gasteiger charge is 2.20. The highest BCUT2D eigenvalue weighted by atomic mass is 32.1. The van der Waals surface area contributed by atoms with Crippen LogP contribution in [0.4, 0.5) is 0 Å². The molecule has 0 fully saturated rings. The summed E-state index contributed by atoms with van der Waals surface area (Å²) in [7, 11) is 0.